The summed E-state index contributed by atoms with van der Waals surface area (Å²) in [5.74, 6) is 0.194. The molecule has 5 heteroatoms. The summed E-state index contributed by atoms with van der Waals surface area (Å²) in [5.41, 5.74) is 5.89. The molecule has 0 aromatic rings. The van der Waals surface area contributed by atoms with E-state index in [1.165, 1.54) is 12.8 Å². The van der Waals surface area contributed by atoms with Gasteiger partial charge in [0.1, 0.15) is 0 Å². The molecule has 2 rings (SSSR count). The number of nitrogens with two attached hydrogens (primary N) is 1. The molecule has 1 heterocycles. The zero-order chi connectivity index (χ0) is 13.2. The van der Waals surface area contributed by atoms with Gasteiger partial charge in [0.05, 0.1) is 5.60 Å². The molecule has 2 atom stereocenters. The van der Waals surface area contributed by atoms with Gasteiger partial charge in [0.25, 0.3) is 0 Å². The average Bonchev–Trinajstić information content (AvgIpc) is 2.73. The van der Waals surface area contributed by atoms with E-state index in [0.29, 0.717) is 6.61 Å². The van der Waals surface area contributed by atoms with Crippen molar-refractivity contribution in [2.75, 3.05) is 6.61 Å². The number of hydrogen-bond acceptors (Lipinski definition) is 2. The van der Waals surface area contributed by atoms with Gasteiger partial charge in [0.2, 0.25) is 0 Å². The van der Waals surface area contributed by atoms with Crippen LogP contribution in [0.3, 0.4) is 0 Å². The van der Waals surface area contributed by atoms with E-state index in [0.717, 1.165) is 25.7 Å². The fourth-order valence-electron chi connectivity index (χ4n) is 3.36. The number of hydrogen-bond donors (Lipinski definition) is 1. The first kappa shape index (κ1) is 14.1. The molecule has 1 aliphatic carbocycles. The Bertz CT molecular complexity index is 274. The summed E-state index contributed by atoms with van der Waals surface area (Å²) in [6, 6.07) is -0.340. The third kappa shape index (κ3) is 3.60. The molecule has 1 saturated carbocycles. The van der Waals surface area contributed by atoms with E-state index < -0.39 is 12.6 Å². The second-order valence-electron chi connectivity index (χ2n) is 5.81. The minimum absolute atomic E-state index is 0.0459. The quantitative estimate of drug-likeness (QED) is 0.849. The Balaban J connectivity index is 1.84. The van der Waals surface area contributed by atoms with Crippen LogP contribution in [0.25, 0.3) is 0 Å². The van der Waals surface area contributed by atoms with Gasteiger partial charge in [-0.3, -0.25) is 0 Å². The summed E-state index contributed by atoms with van der Waals surface area (Å²) < 4.78 is 42.5. The van der Waals surface area contributed by atoms with Crippen molar-refractivity contribution >= 4 is 0 Å². The zero-order valence-electron chi connectivity index (χ0n) is 10.6. The van der Waals surface area contributed by atoms with Crippen LogP contribution in [0.4, 0.5) is 13.2 Å². The van der Waals surface area contributed by atoms with Crippen molar-refractivity contribution in [3.05, 3.63) is 0 Å². The largest absolute Gasteiger partial charge is 0.389 e. The number of ether oxygens (including phenoxy) is 1. The lowest BCUT2D eigenvalue weighted by atomic mass is 9.79. The monoisotopic (exact) mass is 265 g/mol. The minimum atomic E-state index is -4.09. The van der Waals surface area contributed by atoms with E-state index in [1.807, 2.05) is 0 Å². The van der Waals surface area contributed by atoms with Gasteiger partial charge in [-0.15, -0.1) is 0 Å². The van der Waals surface area contributed by atoms with Crippen molar-refractivity contribution in [2.24, 2.45) is 11.7 Å². The van der Waals surface area contributed by atoms with E-state index in [1.54, 1.807) is 0 Å². The van der Waals surface area contributed by atoms with Gasteiger partial charge in [-0.1, -0.05) is 12.8 Å². The van der Waals surface area contributed by atoms with Crippen LogP contribution in [0.5, 0.6) is 0 Å². The lowest BCUT2D eigenvalue weighted by molar-refractivity contribution is -0.139. The molecule has 1 saturated heterocycles. The second-order valence-corrected chi connectivity index (χ2v) is 5.81. The molecule has 2 nitrogen and oxygen atoms in total. The molecule has 0 aromatic heterocycles. The van der Waals surface area contributed by atoms with Crippen LogP contribution in [0, 0.1) is 5.92 Å². The Morgan fingerprint density at radius 2 is 1.94 bits per heavy atom. The Morgan fingerprint density at radius 1 is 1.28 bits per heavy atom. The molecule has 2 N–H and O–H groups in total. The molecule has 2 aliphatic rings. The van der Waals surface area contributed by atoms with Gasteiger partial charge in [-0.05, 0) is 38.0 Å². The Morgan fingerprint density at radius 3 is 2.56 bits per heavy atom. The summed E-state index contributed by atoms with van der Waals surface area (Å²) in [6.07, 6.45) is 1.30. The van der Waals surface area contributed by atoms with Crippen LogP contribution < -0.4 is 5.73 Å². The standard InChI is InChI=1S/C13H22F3NO/c14-13(15,16)7-3-11(17)10-4-8-18-12(9-10)5-1-2-6-12/h10-11H,1-9,17H2. The van der Waals surface area contributed by atoms with Gasteiger partial charge < -0.3 is 10.5 Å². The smallest absolute Gasteiger partial charge is 0.375 e. The number of rotatable bonds is 3. The topological polar surface area (TPSA) is 35.2 Å². The van der Waals surface area contributed by atoms with Gasteiger partial charge in [0, 0.05) is 19.1 Å². The molecule has 1 aliphatic heterocycles. The third-order valence-electron chi connectivity index (χ3n) is 4.41. The Labute approximate surface area is 106 Å². The summed E-state index contributed by atoms with van der Waals surface area (Å²) in [5, 5.41) is 0. The maximum absolute atomic E-state index is 12.2. The van der Waals surface area contributed by atoms with E-state index in [2.05, 4.69) is 0 Å². The maximum atomic E-state index is 12.2. The maximum Gasteiger partial charge on any atom is 0.389 e. The molecule has 0 aromatic carbocycles. The highest BCUT2D eigenvalue weighted by Crippen LogP contribution is 2.43. The van der Waals surface area contributed by atoms with Crippen molar-refractivity contribution < 1.29 is 17.9 Å². The highest BCUT2D eigenvalue weighted by Gasteiger charge is 2.41. The normalized spacial score (nSPS) is 29.7. The number of halogens is 3. The zero-order valence-corrected chi connectivity index (χ0v) is 10.6. The summed E-state index contributed by atoms with van der Waals surface area (Å²) in [7, 11) is 0. The van der Waals surface area contributed by atoms with Gasteiger partial charge >= 0.3 is 6.18 Å². The fourth-order valence-corrected chi connectivity index (χ4v) is 3.36. The van der Waals surface area contributed by atoms with Crippen molar-refractivity contribution in [1.82, 2.24) is 0 Å². The van der Waals surface area contributed by atoms with Crippen molar-refractivity contribution in [2.45, 2.75) is 69.2 Å². The molecular weight excluding hydrogens is 243 g/mol. The molecule has 0 bridgehead atoms. The molecule has 0 radical (unpaired) electrons. The molecule has 0 amide bonds. The second kappa shape index (κ2) is 5.37. The molecule has 2 fully saturated rings. The highest BCUT2D eigenvalue weighted by molar-refractivity contribution is 4.93. The predicted molar refractivity (Wildman–Crippen MR) is 63.1 cm³/mol. The summed E-state index contributed by atoms with van der Waals surface area (Å²) >= 11 is 0. The fraction of sp³-hybridized carbons (Fsp3) is 1.00. The van der Waals surface area contributed by atoms with E-state index in [9.17, 15) is 13.2 Å². The van der Waals surface area contributed by atoms with Crippen LogP contribution in [0.1, 0.15) is 51.4 Å². The van der Waals surface area contributed by atoms with Crippen LogP contribution in [-0.2, 0) is 4.74 Å². The highest BCUT2D eigenvalue weighted by atomic mass is 19.4. The van der Waals surface area contributed by atoms with E-state index in [-0.39, 0.29) is 24.0 Å². The molecule has 1 spiro atoms. The Kier molecular flexibility index (Phi) is 4.22. The predicted octanol–water partition coefficient (Wildman–Crippen LogP) is 3.40. The lowest BCUT2D eigenvalue weighted by Crippen LogP contribution is -2.44. The summed E-state index contributed by atoms with van der Waals surface area (Å²) in [6.45, 7) is 0.657. The van der Waals surface area contributed by atoms with Crippen LogP contribution >= 0.6 is 0 Å². The third-order valence-corrected chi connectivity index (χ3v) is 4.41. The van der Waals surface area contributed by atoms with E-state index >= 15 is 0 Å². The van der Waals surface area contributed by atoms with E-state index in [4.69, 9.17) is 10.5 Å². The molecule has 18 heavy (non-hydrogen) atoms. The lowest BCUT2D eigenvalue weighted by Gasteiger charge is -2.40. The van der Waals surface area contributed by atoms with Crippen LogP contribution in [0.2, 0.25) is 0 Å². The van der Waals surface area contributed by atoms with Crippen molar-refractivity contribution in [1.29, 1.82) is 0 Å². The molecular formula is C13H22F3NO. The van der Waals surface area contributed by atoms with Gasteiger partial charge in [-0.2, -0.15) is 13.2 Å². The SMILES string of the molecule is NC(CCC(F)(F)F)C1CCOC2(CCCC2)C1. The van der Waals surface area contributed by atoms with Crippen LogP contribution in [-0.4, -0.2) is 24.4 Å². The number of alkyl halides is 3. The molecule has 106 valence electrons. The van der Waals surface area contributed by atoms with Crippen molar-refractivity contribution in [3.8, 4) is 0 Å². The van der Waals surface area contributed by atoms with Gasteiger partial charge in [-0.25, -0.2) is 0 Å². The first-order valence-corrected chi connectivity index (χ1v) is 6.87. The first-order valence-electron chi connectivity index (χ1n) is 6.87. The van der Waals surface area contributed by atoms with Gasteiger partial charge in [0.15, 0.2) is 0 Å². The minimum Gasteiger partial charge on any atom is -0.375 e. The van der Waals surface area contributed by atoms with Crippen molar-refractivity contribution in [3.63, 3.8) is 0 Å². The first-order chi connectivity index (χ1) is 8.40. The van der Waals surface area contributed by atoms with Crippen LogP contribution in [0.15, 0.2) is 0 Å². The summed E-state index contributed by atoms with van der Waals surface area (Å²) in [4.78, 5) is 0. The molecule has 2 unspecified atom stereocenters. The average molecular weight is 265 g/mol. The Hall–Kier alpha value is -0.290.